The molecule has 0 unspecified atom stereocenters. The van der Waals surface area contributed by atoms with Crippen LogP contribution in [0.1, 0.15) is 11.4 Å². The van der Waals surface area contributed by atoms with E-state index in [-0.39, 0.29) is 0 Å². The lowest BCUT2D eigenvalue weighted by atomic mass is 10.1. The van der Waals surface area contributed by atoms with Gasteiger partial charge >= 0.3 is 0 Å². The topological polar surface area (TPSA) is 51.8 Å². The van der Waals surface area contributed by atoms with E-state index < -0.39 is 0 Å². The number of aromatic nitrogens is 2. The summed E-state index contributed by atoms with van der Waals surface area (Å²) >= 11 is 3.52. The number of rotatable bonds is 1. The van der Waals surface area contributed by atoms with Gasteiger partial charge in [0.05, 0.1) is 5.69 Å². The van der Waals surface area contributed by atoms with Crippen LogP contribution in [0.2, 0.25) is 0 Å². The fourth-order valence-corrected chi connectivity index (χ4v) is 2.04. The summed E-state index contributed by atoms with van der Waals surface area (Å²) in [6.45, 7) is 3.78. The normalized spacial score (nSPS) is 10.4. The first-order valence-corrected chi connectivity index (χ1v) is 5.74. The maximum Gasteiger partial charge on any atom is 0.130 e. The molecule has 4 heteroatoms. The van der Waals surface area contributed by atoms with E-state index in [1.54, 1.807) is 0 Å². The molecule has 1 aromatic carbocycles. The third kappa shape index (κ3) is 1.93. The van der Waals surface area contributed by atoms with Crippen molar-refractivity contribution in [3.63, 3.8) is 0 Å². The van der Waals surface area contributed by atoms with Crippen LogP contribution < -0.4 is 5.73 Å². The zero-order valence-electron chi connectivity index (χ0n) is 9.16. The van der Waals surface area contributed by atoms with Gasteiger partial charge in [0.2, 0.25) is 0 Å². The molecule has 0 spiro atoms. The van der Waals surface area contributed by atoms with Gasteiger partial charge in [-0.3, -0.25) is 0 Å². The average molecular weight is 278 g/mol. The number of hydrogen-bond acceptors (Lipinski definition) is 3. The van der Waals surface area contributed by atoms with E-state index in [1.165, 1.54) is 0 Å². The minimum Gasteiger partial charge on any atom is -0.383 e. The van der Waals surface area contributed by atoms with E-state index in [4.69, 9.17) is 5.73 Å². The van der Waals surface area contributed by atoms with Crippen LogP contribution in [0, 0.1) is 13.8 Å². The molecule has 0 aliphatic carbocycles. The highest BCUT2D eigenvalue weighted by atomic mass is 79.9. The molecule has 0 amide bonds. The van der Waals surface area contributed by atoms with Crippen molar-refractivity contribution < 1.29 is 0 Å². The summed E-state index contributed by atoms with van der Waals surface area (Å²) in [6.07, 6.45) is 0. The first kappa shape index (κ1) is 11.1. The second-order valence-electron chi connectivity index (χ2n) is 3.61. The lowest BCUT2D eigenvalue weighted by Crippen LogP contribution is -2.02. The van der Waals surface area contributed by atoms with Crippen LogP contribution in [-0.2, 0) is 0 Å². The predicted octanol–water partition coefficient (Wildman–Crippen LogP) is 3.11. The minimum atomic E-state index is 0.540. The summed E-state index contributed by atoms with van der Waals surface area (Å²) in [5, 5.41) is 0. The Balaban J connectivity index is 2.69. The monoisotopic (exact) mass is 277 g/mol. The number of halogens is 1. The molecule has 0 saturated heterocycles. The van der Waals surface area contributed by atoms with Crippen molar-refractivity contribution in [2.24, 2.45) is 0 Å². The highest BCUT2D eigenvalue weighted by molar-refractivity contribution is 9.10. The summed E-state index contributed by atoms with van der Waals surface area (Å²) < 4.78 is 1.01. The van der Waals surface area contributed by atoms with Crippen LogP contribution in [0.5, 0.6) is 0 Å². The Morgan fingerprint density at radius 1 is 1.12 bits per heavy atom. The third-order valence-electron chi connectivity index (χ3n) is 2.42. The second kappa shape index (κ2) is 4.22. The molecular formula is C12H12BrN3. The molecule has 1 heterocycles. The molecule has 1 aromatic heterocycles. The van der Waals surface area contributed by atoms with Crippen molar-refractivity contribution in [1.29, 1.82) is 0 Å². The van der Waals surface area contributed by atoms with Crippen LogP contribution in [-0.4, -0.2) is 9.97 Å². The van der Waals surface area contributed by atoms with Gasteiger partial charge in [0.25, 0.3) is 0 Å². The number of anilines is 1. The smallest absolute Gasteiger partial charge is 0.130 e. The van der Waals surface area contributed by atoms with Crippen LogP contribution in [0.3, 0.4) is 0 Å². The van der Waals surface area contributed by atoms with Crippen molar-refractivity contribution in [2.75, 3.05) is 5.73 Å². The summed E-state index contributed by atoms with van der Waals surface area (Å²) in [6, 6.07) is 7.95. The number of nitrogens with two attached hydrogens (primary N) is 1. The van der Waals surface area contributed by atoms with Crippen LogP contribution in [0.25, 0.3) is 11.3 Å². The molecule has 2 aromatic rings. The van der Waals surface area contributed by atoms with E-state index >= 15 is 0 Å². The van der Waals surface area contributed by atoms with E-state index in [0.717, 1.165) is 21.3 Å². The van der Waals surface area contributed by atoms with E-state index in [1.807, 2.05) is 38.1 Å². The molecule has 0 bridgehead atoms. The zero-order chi connectivity index (χ0) is 11.7. The van der Waals surface area contributed by atoms with Crippen molar-refractivity contribution in [3.05, 3.63) is 40.1 Å². The molecule has 16 heavy (non-hydrogen) atoms. The molecule has 0 fully saturated rings. The Morgan fingerprint density at radius 2 is 1.81 bits per heavy atom. The lowest BCUT2D eigenvalue weighted by Gasteiger charge is -2.09. The molecule has 0 atom stereocenters. The number of benzene rings is 1. The Hall–Kier alpha value is -1.42. The summed E-state index contributed by atoms with van der Waals surface area (Å²) in [5.41, 5.74) is 8.68. The van der Waals surface area contributed by atoms with Crippen molar-refractivity contribution in [2.45, 2.75) is 13.8 Å². The molecule has 0 saturated carbocycles. The van der Waals surface area contributed by atoms with Crippen LogP contribution >= 0.6 is 15.9 Å². The maximum absolute atomic E-state index is 5.84. The van der Waals surface area contributed by atoms with Gasteiger partial charge in [0, 0.05) is 15.6 Å². The van der Waals surface area contributed by atoms with E-state index in [0.29, 0.717) is 11.6 Å². The Kier molecular flexibility index (Phi) is 2.92. The predicted molar refractivity (Wildman–Crippen MR) is 69.1 cm³/mol. The first-order chi connectivity index (χ1) is 7.59. The summed E-state index contributed by atoms with van der Waals surface area (Å²) in [7, 11) is 0. The van der Waals surface area contributed by atoms with E-state index in [9.17, 15) is 0 Å². The number of nitrogen functional groups attached to an aromatic ring is 1. The molecule has 3 nitrogen and oxygen atoms in total. The zero-order valence-corrected chi connectivity index (χ0v) is 10.7. The van der Waals surface area contributed by atoms with Gasteiger partial charge in [-0.2, -0.15) is 0 Å². The minimum absolute atomic E-state index is 0.540. The summed E-state index contributed by atoms with van der Waals surface area (Å²) in [4.78, 5) is 8.58. The van der Waals surface area contributed by atoms with E-state index in [2.05, 4.69) is 25.9 Å². The third-order valence-corrected chi connectivity index (χ3v) is 3.12. The van der Waals surface area contributed by atoms with Gasteiger partial charge in [-0.15, -0.1) is 0 Å². The fraction of sp³-hybridized carbons (Fsp3) is 0.167. The summed E-state index contributed by atoms with van der Waals surface area (Å²) in [5.74, 6) is 1.23. The number of hydrogen-bond donors (Lipinski definition) is 1. The SMILES string of the molecule is Cc1nc(N)c(C)c(-c2ccccc2Br)n1. The number of aryl methyl sites for hydroxylation is 1. The molecule has 82 valence electrons. The molecule has 0 aliphatic heterocycles. The molecule has 0 radical (unpaired) electrons. The highest BCUT2D eigenvalue weighted by Crippen LogP contribution is 2.30. The van der Waals surface area contributed by atoms with Gasteiger partial charge in [0.1, 0.15) is 11.6 Å². The second-order valence-corrected chi connectivity index (χ2v) is 4.46. The molecular weight excluding hydrogens is 266 g/mol. The molecule has 2 N–H and O–H groups in total. The Labute approximate surface area is 103 Å². The highest BCUT2D eigenvalue weighted by Gasteiger charge is 2.10. The molecule has 0 aliphatic rings. The van der Waals surface area contributed by atoms with Gasteiger partial charge in [-0.25, -0.2) is 9.97 Å². The fourth-order valence-electron chi connectivity index (χ4n) is 1.57. The average Bonchev–Trinajstić information content (AvgIpc) is 2.24. The van der Waals surface area contributed by atoms with Crippen molar-refractivity contribution in [3.8, 4) is 11.3 Å². The van der Waals surface area contributed by atoms with Crippen molar-refractivity contribution in [1.82, 2.24) is 9.97 Å². The quantitative estimate of drug-likeness (QED) is 0.872. The first-order valence-electron chi connectivity index (χ1n) is 4.95. The van der Waals surface area contributed by atoms with Gasteiger partial charge in [-0.05, 0) is 19.9 Å². The van der Waals surface area contributed by atoms with Gasteiger partial charge < -0.3 is 5.73 Å². The van der Waals surface area contributed by atoms with Crippen LogP contribution in [0.15, 0.2) is 28.7 Å². The standard InChI is InChI=1S/C12H12BrN3/c1-7-11(15-8(2)16-12(7)14)9-5-3-4-6-10(9)13/h3-6H,1-2H3,(H2,14,15,16). The maximum atomic E-state index is 5.84. The van der Waals surface area contributed by atoms with Crippen LogP contribution in [0.4, 0.5) is 5.82 Å². The van der Waals surface area contributed by atoms with Crippen molar-refractivity contribution >= 4 is 21.7 Å². The van der Waals surface area contributed by atoms with Gasteiger partial charge in [0.15, 0.2) is 0 Å². The molecule has 2 rings (SSSR count). The Morgan fingerprint density at radius 3 is 2.50 bits per heavy atom. The lowest BCUT2D eigenvalue weighted by molar-refractivity contribution is 1.05. The number of nitrogens with zero attached hydrogens (tertiary/aromatic N) is 2. The van der Waals surface area contributed by atoms with Gasteiger partial charge in [-0.1, -0.05) is 34.1 Å². The Bertz CT molecular complexity index is 538. The largest absolute Gasteiger partial charge is 0.383 e.